The van der Waals surface area contributed by atoms with E-state index in [2.05, 4.69) is 27.0 Å². The molecule has 12 nitrogen and oxygen atoms in total. The lowest BCUT2D eigenvalue weighted by atomic mass is 9.85. The van der Waals surface area contributed by atoms with Crippen LogP contribution >= 0.6 is 0 Å². The molecule has 2 aliphatic heterocycles. The summed E-state index contributed by atoms with van der Waals surface area (Å²) in [5, 5.41) is 21.4. The van der Waals surface area contributed by atoms with Crippen LogP contribution in [0.5, 0.6) is 0 Å². The van der Waals surface area contributed by atoms with Gasteiger partial charge in [0.25, 0.3) is 0 Å². The summed E-state index contributed by atoms with van der Waals surface area (Å²) in [6.45, 7) is 4.36. The molecule has 0 saturated carbocycles. The number of carboxylic acids is 3. The van der Waals surface area contributed by atoms with Gasteiger partial charge in [-0.15, -0.1) is 0 Å². The molecule has 3 N–H and O–H groups in total. The second-order valence-electron chi connectivity index (χ2n) is 9.26. The first-order chi connectivity index (χ1) is 20.9. The Kier molecular flexibility index (Phi) is 13.3. The predicted octanol–water partition coefficient (Wildman–Crippen LogP) is 3.69. The average Bonchev–Trinajstić information content (AvgIpc) is 3.51. The number of alkyl halides is 9. The van der Waals surface area contributed by atoms with Crippen LogP contribution < -0.4 is 4.90 Å². The van der Waals surface area contributed by atoms with E-state index in [4.69, 9.17) is 29.7 Å². The normalized spacial score (nSPS) is 17.8. The highest BCUT2D eigenvalue weighted by atomic mass is 32.2. The molecule has 1 atom stereocenters. The van der Waals surface area contributed by atoms with Gasteiger partial charge in [0.1, 0.15) is 0 Å². The number of hydrogen-bond donors (Lipinski definition) is 3. The maximum absolute atomic E-state index is 12.3. The number of sulfonamides is 1. The lowest BCUT2D eigenvalue weighted by Gasteiger charge is -2.25. The Morgan fingerprint density at radius 2 is 1.33 bits per heavy atom. The standard InChI is InChI=1S/C18H22N4O2S.3C2HF3O2/c1-2-25(23,24)22-10-7-18(14-22)13-21(12-15-5-3-8-19-11-15)16-6-4-9-20-17(16)18;3*3-2(4,5)1(6)7/h3-6,8-9,11H,2,7,10,12-14H2,1H3;3*(H,6,7). The Hall–Kier alpha value is -4.21. The molecule has 258 valence electrons. The second-order valence-corrected chi connectivity index (χ2v) is 11.5. The molecule has 1 unspecified atom stereocenters. The number of pyridine rings is 2. The monoisotopic (exact) mass is 700 g/mol. The van der Waals surface area contributed by atoms with E-state index in [1.54, 1.807) is 17.4 Å². The van der Waals surface area contributed by atoms with Gasteiger partial charge in [0, 0.05) is 50.2 Å². The van der Waals surface area contributed by atoms with E-state index in [0.717, 1.165) is 36.5 Å². The van der Waals surface area contributed by atoms with E-state index >= 15 is 0 Å². The van der Waals surface area contributed by atoms with Crippen molar-refractivity contribution in [2.24, 2.45) is 0 Å². The van der Waals surface area contributed by atoms with Crippen molar-refractivity contribution in [1.82, 2.24) is 14.3 Å². The molecule has 4 rings (SSSR count). The fourth-order valence-corrected chi connectivity index (χ4v) is 5.19. The van der Waals surface area contributed by atoms with Gasteiger partial charge in [-0.2, -0.15) is 39.5 Å². The summed E-state index contributed by atoms with van der Waals surface area (Å²) in [5.41, 5.74) is 3.08. The van der Waals surface area contributed by atoms with Crippen molar-refractivity contribution in [2.45, 2.75) is 43.8 Å². The average molecular weight is 701 g/mol. The molecule has 2 aliphatic rings. The largest absolute Gasteiger partial charge is 0.490 e. The summed E-state index contributed by atoms with van der Waals surface area (Å²) in [6.07, 6.45) is -8.97. The van der Waals surface area contributed by atoms with E-state index in [9.17, 15) is 47.9 Å². The van der Waals surface area contributed by atoms with Crippen LogP contribution in [0, 0.1) is 0 Å². The topological polar surface area (TPSA) is 178 Å². The Morgan fingerprint density at radius 1 is 0.848 bits per heavy atom. The SMILES string of the molecule is CCS(=O)(=O)N1CCC2(CN(Cc3cccnc3)c3cccnc32)C1.O=C(O)C(F)(F)F.O=C(O)C(F)(F)F.O=C(O)C(F)(F)F. The van der Waals surface area contributed by atoms with Gasteiger partial charge in [-0.25, -0.2) is 27.1 Å². The van der Waals surface area contributed by atoms with Crippen LogP contribution in [0.3, 0.4) is 0 Å². The predicted molar refractivity (Wildman–Crippen MR) is 138 cm³/mol. The Bertz CT molecular complexity index is 1400. The molecule has 0 amide bonds. The number of anilines is 1. The molecule has 2 aromatic heterocycles. The number of aromatic nitrogens is 2. The fraction of sp³-hybridized carbons (Fsp3) is 0.458. The molecule has 1 spiro atoms. The first kappa shape index (κ1) is 39.8. The van der Waals surface area contributed by atoms with Crippen molar-refractivity contribution in [3.63, 3.8) is 0 Å². The van der Waals surface area contributed by atoms with Crippen molar-refractivity contribution < 1.29 is 77.6 Å². The van der Waals surface area contributed by atoms with Crippen LogP contribution in [0.2, 0.25) is 0 Å². The van der Waals surface area contributed by atoms with E-state index < -0.39 is 46.5 Å². The molecule has 0 bridgehead atoms. The van der Waals surface area contributed by atoms with E-state index in [1.165, 1.54) is 0 Å². The third kappa shape index (κ3) is 11.6. The number of rotatable bonds is 4. The number of nitrogens with zero attached hydrogens (tertiary/aromatic N) is 4. The number of hydrogen-bond acceptors (Lipinski definition) is 8. The summed E-state index contributed by atoms with van der Waals surface area (Å²) >= 11 is 0. The van der Waals surface area contributed by atoms with Gasteiger partial charge in [0.2, 0.25) is 10.0 Å². The number of fused-ring (bicyclic) bond motifs is 2. The molecule has 22 heteroatoms. The molecule has 1 fully saturated rings. The molecule has 0 aliphatic carbocycles. The summed E-state index contributed by atoms with van der Waals surface area (Å²) in [4.78, 5) is 37.8. The van der Waals surface area contributed by atoms with Crippen molar-refractivity contribution in [3.8, 4) is 0 Å². The molecule has 4 heterocycles. The van der Waals surface area contributed by atoms with Gasteiger partial charge >= 0.3 is 36.4 Å². The number of carbonyl (C=O) groups is 3. The zero-order valence-electron chi connectivity index (χ0n) is 23.3. The zero-order chi connectivity index (χ0) is 35.7. The van der Waals surface area contributed by atoms with Crippen LogP contribution in [-0.2, 0) is 36.4 Å². The number of aliphatic carboxylic acids is 3. The quantitative estimate of drug-likeness (QED) is 0.397. The number of carboxylic acid groups (broad SMARTS) is 3. The molecule has 0 aromatic carbocycles. The van der Waals surface area contributed by atoms with Gasteiger partial charge in [-0.1, -0.05) is 6.07 Å². The molecule has 46 heavy (non-hydrogen) atoms. The Morgan fingerprint density at radius 3 is 1.74 bits per heavy atom. The Balaban J connectivity index is 0.000000413. The van der Waals surface area contributed by atoms with Gasteiger partial charge < -0.3 is 20.2 Å². The van der Waals surface area contributed by atoms with E-state index in [0.29, 0.717) is 13.1 Å². The molecule has 0 radical (unpaired) electrons. The molecule has 2 aromatic rings. The van der Waals surface area contributed by atoms with Crippen LogP contribution in [0.4, 0.5) is 45.2 Å². The first-order valence-electron chi connectivity index (χ1n) is 12.3. The zero-order valence-corrected chi connectivity index (χ0v) is 24.1. The minimum Gasteiger partial charge on any atom is -0.475 e. The molecular weight excluding hydrogens is 675 g/mol. The minimum atomic E-state index is -5.08. The van der Waals surface area contributed by atoms with Gasteiger partial charge in [-0.3, -0.25) is 9.97 Å². The molecular formula is C24H25F9N4O8S. The third-order valence-electron chi connectivity index (χ3n) is 6.02. The number of halogens is 9. The van der Waals surface area contributed by atoms with E-state index in [1.807, 2.05) is 24.5 Å². The second kappa shape index (κ2) is 15.4. The minimum absolute atomic E-state index is 0.150. The van der Waals surface area contributed by atoms with Crippen LogP contribution in [0.1, 0.15) is 24.6 Å². The maximum Gasteiger partial charge on any atom is 0.490 e. The third-order valence-corrected chi connectivity index (χ3v) is 7.85. The molecule has 1 saturated heterocycles. The Labute approximate surface area is 254 Å². The summed E-state index contributed by atoms with van der Waals surface area (Å²) < 4.78 is 121. The van der Waals surface area contributed by atoms with Crippen LogP contribution in [0.15, 0.2) is 42.9 Å². The van der Waals surface area contributed by atoms with Crippen LogP contribution in [0.25, 0.3) is 0 Å². The highest BCUT2D eigenvalue weighted by molar-refractivity contribution is 7.89. The van der Waals surface area contributed by atoms with Crippen molar-refractivity contribution in [1.29, 1.82) is 0 Å². The highest BCUT2D eigenvalue weighted by Crippen LogP contribution is 2.46. The van der Waals surface area contributed by atoms with Crippen molar-refractivity contribution in [2.75, 3.05) is 30.3 Å². The van der Waals surface area contributed by atoms with Gasteiger partial charge in [-0.05, 0) is 37.1 Å². The first-order valence-corrected chi connectivity index (χ1v) is 14.0. The summed E-state index contributed by atoms with van der Waals surface area (Å²) in [5.74, 6) is -8.12. The lowest BCUT2D eigenvalue weighted by molar-refractivity contribution is -0.193. The highest BCUT2D eigenvalue weighted by Gasteiger charge is 2.50. The van der Waals surface area contributed by atoms with Gasteiger partial charge in [0.15, 0.2) is 0 Å². The summed E-state index contributed by atoms with van der Waals surface area (Å²) in [7, 11) is -3.16. The maximum atomic E-state index is 12.3. The van der Waals surface area contributed by atoms with Crippen molar-refractivity contribution in [3.05, 3.63) is 54.1 Å². The fourth-order valence-electron chi connectivity index (χ4n) is 4.02. The van der Waals surface area contributed by atoms with Gasteiger partial charge in [0.05, 0.1) is 17.1 Å². The smallest absolute Gasteiger partial charge is 0.475 e. The van der Waals surface area contributed by atoms with Crippen molar-refractivity contribution >= 4 is 33.6 Å². The van der Waals surface area contributed by atoms with Crippen LogP contribution in [-0.4, -0.2) is 99.8 Å². The lowest BCUT2D eigenvalue weighted by Crippen LogP contribution is -2.38. The van der Waals surface area contributed by atoms with E-state index in [-0.39, 0.29) is 11.2 Å². The summed E-state index contributed by atoms with van der Waals surface area (Å²) in [6, 6.07) is 8.04.